The molecular weight excluding hydrogens is 340 g/mol. The third-order valence-corrected chi connectivity index (χ3v) is 5.67. The van der Waals surface area contributed by atoms with Crippen LogP contribution < -0.4 is 5.73 Å². The molecule has 1 aliphatic heterocycles. The van der Waals surface area contributed by atoms with Gasteiger partial charge in [0.25, 0.3) is 0 Å². The van der Waals surface area contributed by atoms with Crippen LogP contribution in [0.15, 0.2) is 36.7 Å². The number of hydrogen-bond acceptors (Lipinski definition) is 4. The highest BCUT2D eigenvalue weighted by Gasteiger charge is 2.48. The summed E-state index contributed by atoms with van der Waals surface area (Å²) in [5.74, 6) is 0. The summed E-state index contributed by atoms with van der Waals surface area (Å²) in [6.07, 6.45) is 4.87. The number of piperidine rings is 1. The van der Waals surface area contributed by atoms with Gasteiger partial charge in [0.1, 0.15) is 0 Å². The lowest BCUT2D eigenvalue weighted by Gasteiger charge is -2.51. The maximum atomic E-state index is 12.2. The number of nitrogens with zero attached hydrogens (tertiary/aromatic N) is 3. The van der Waals surface area contributed by atoms with Crippen molar-refractivity contribution in [3.8, 4) is 0 Å². The van der Waals surface area contributed by atoms with Crippen LogP contribution in [0.2, 0.25) is 0 Å². The van der Waals surface area contributed by atoms with E-state index in [0.29, 0.717) is 32.2 Å². The summed E-state index contributed by atoms with van der Waals surface area (Å²) in [4.78, 5) is 22.8. The van der Waals surface area contributed by atoms with Gasteiger partial charge in [0.2, 0.25) is 0 Å². The molecule has 0 bridgehead atoms. The highest BCUT2D eigenvalue weighted by atomic mass is 16.4. The Kier molecular flexibility index (Phi) is 5.20. The van der Waals surface area contributed by atoms with E-state index in [2.05, 4.69) is 9.97 Å². The van der Waals surface area contributed by atoms with Crippen LogP contribution >= 0.6 is 0 Å². The maximum absolute atomic E-state index is 12.2. The van der Waals surface area contributed by atoms with E-state index in [9.17, 15) is 9.90 Å². The zero-order chi connectivity index (χ0) is 19.7. The number of amides is 1. The van der Waals surface area contributed by atoms with Crippen molar-refractivity contribution in [3.05, 3.63) is 59.2 Å². The van der Waals surface area contributed by atoms with Gasteiger partial charge in [0.15, 0.2) is 0 Å². The monoisotopic (exact) mass is 368 g/mol. The number of carbonyl (C=O) groups is 1. The normalized spacial score (nSPS) is 21.9. The van der Waals surface area contributed by atoms with Crippen LogP contribution in [0.5, 0.6) is 0 Å². The zero-order valence-electron chi connectivity index (χ0n) is 16.3. The second kappa shape index (κ2) is 7.27. The molecule has 3 N–H and O–H groups in total. The molecule has 1 atom stereocenters. The smallest absolute Gasteiger partial charge is 0.407 e. The number of aryl methyl sites for hydroxylation is 2. The van der Waals surface area contributed by atoms with E-state index < -0.39 is 17.2 Å². The molecule has 6 heteroatoms. The Morgan fingerprint density at radius 1 is 1.15 bits per heavy atom. The van der Waals surface area contributed by atoms with Crippen molar-refractivity contribution >= 4 is 6.09 Å². The first-order valence-corrected chi connectivity index (χ1v) is 9.33. The van der Waals surface area contributed by atoms with Gasteiger partial charge < -0.3 is 15.7 Å². The van der Waals surface area contributed by atoms with E-state index in [1.165, 1.54) is 0 Å². The molecule has 1 amide bonds. The number of rotatable bonds is 4. The molecule has 2 aromatic heterocycles. The van der Waals surface area contributed by atoms with Crippen LogP contribution in [0, 0.1) is 13.8 Å². The van der Waals surface area contributed by atoms with Crippen molar-refractivity contribution in [2.75, 3.05) is 6.54 Å². The van der Waals surface area contributed by atoms with E-state index in [-0.39, 0.29) is 0 Å². The van der Waals surface area contributed by atoms with Gasteiger partial charge in [-0.25, -0.2) is 4.79 Å². The number of pyridine rings is 2. The number of hydrogen-bond donors (Lipinski definition) is 2. The molecule has 2 aromatic rings. The number of nitrogens with two attached hydrogens (primary N) is 1. The van der Waals surface area contributed by atoms with E-state index in [1.54, 1.807) is 17.3 Å². The predicted molar refractivity (Wildman–Crippen MR) is 105 cm³/mol. The third-order valence-electron chi connectivity index (χ3n) is 5.67. The Morgan fingerprint density at radius 2 is 1.67 bits per heavy atom. The maximum Gasteiger partial charge on any atom is 0.407 e. The van der Waals surface area contributed by atoms with Crippen molar-refractivity contribution < 1.29 is 9.90 Å². The minimum absolute atomic E-state index is 0.417. The van der Waals surface area contributed by atoms with Gasteiger partial charge in [-0.05, 0) is 56.9 Å². The minimum Gasteiger partial charge on any atom is -0.465 e. The fraction of sp³-hybridized carbons (Fsp3) is 0.476. The first kappa shape index (κ1) is 19.3. The average Bonchev–Trinajstić information content (AvgIpc) is 2.58. The molecule has 3 heterocycles. The fourth-order valence-corrected chi connectivity index (χ4v) is 4.25. The van der Waals surface area contributed by atoms with Gasteiger partial charge in [-0.1, -0.05) is 12.1 Å². The number of likely N-dealkylation sites (tertiary alicyclic amines) is 1. The van der Waals surface area contributed by atoms with Crippen LogP contribution in [0.25, 0.3) is 0 Å². The standard InChI is InChI=1S/C21H28N4O2/c1-15-6-4-9-23-17(15)12-21(13-18-16(2)7-5-10-24-18)14-20(3,22)8-11-25(21)19(26)27/h4-7,9-10H,8,11-14,22H2,1-3H3,(H,26,27). The van der Waals surface area contributed by atoms with E-state index >= 15 is 0 Å². The summed E-state index contributed by atoms with van der Waals surface area (Å²) in [6, 6.07) is 7.82. The van der Waals surface area contributed by atoms with Gasteiger partial charge in [0, 0.05) is 48.7 Å². The molecule has 1 unspecified atom stereocenters. The van der Waals surface area contributed by atoms with Gasteiger partial charge in [0.05, 0.1) is 5.54 Å². The molecule has 1 saturated heterocycles. The van der Waals surface area contributed by atoms with Crippen LogP contribution in [-0.2, 0) is 12.8 Å². The Labute approximate surface area is 160 Å². The second-order valence-corrected chi connectivity index (χ2v) is 8.13. The molecule has 0 aliphatic carbocycles. The Morgan fingerprint density at radius 3 is 2.11 bits per heavy atom. The van der Waals surface area contributed by atoms with Gasteiger partial charge >= 0.3 is 6.09 Å². The summed E-state index contributed by atoms with van der Waals surface area (Å²) < 4.78 is 0. The van der Waals surface area contributed by atoms with Gasteiger partial charge in [-0.3, -0.25) is 9.97 Å². The summed E-state index contributed by atoms with van der Waals surface area (Å²) >= 11 is 0. The van der Waals surface area contributed by atoms with Crippen molar-refractivity contribution in [1.82, 2.24) is 14.9 Å². The molecule has 1 aliphatic rings. The lowest BCUT2D eigenvalue weighted by atomic mass is 9.71. The van der Waals surface area contributed by atoms with Crippen LogP contribution in [-0.4, -0.2) is 43.7 Å². The van der Waals surface area contributed by atoms with Crippen LogP contribution in [0.1, 0.15) is 42.3 Å². The molecule has 0 radical (unpaired) electrons. The zero-order valence-corrected chi connectivity index (χ0v) is 16.3. The Balaban J connectivity index is 2.10. The molecule has 6 nitrogen and oxygen atoms in total. The first-order chi connectivity index (χ1) is 12.7. The summed E-state index contributed by atoms with van der Waals surface area (Å²) in [6.45, 7) is 6.45. The molecule has 27 heavy (non-hydrogen) atoms. The quantitative estimate of drug-likeness (QED) is 0.865. The fourth-order valence-electron chi connectivity index (χ4n) is 4.25. The van der Waals surface area contributed by atoms with Crippen molar-refractivity contribution in [1.29, 1.82) is 0 Å². The van der Waals surface area contributed by atoms with Crippen molar-refractivity contribution in [2.45, 2.75) is 57.5 Å². The highest BCUT2D eigenvalue weighted by Crippen LogP contribution is 2.39. The summed E-state index contributed by atoms with van der Waals surface area (Å²) in [5.41, 5.74) is 9.37. The van der Waals surface area contributed by atoms with Crippen LogP contribution in [0.3, 0.4) is 0 Å². The lowest BCUT2D eigenvalue weighted by molar-refractivity contribution is 0.0194. The van der Waals surface area contributed by atoms with Gasteiger partial charge in [-0.2, -0.15) is 0 Å². The van der Waals surface area contributed by atoms with Crippen molar-refractivity contribution in [2.24, 2.45) is 5.73 Å². The largest absolute Gasteiger partial charge is 0.465 e. The molecular formula is C21H28N4O2. The minimum atomic E-state index is -0.910. The number of aromatic nitrogens is 2. The van der Waals surface area contributed by atoms with Crippen LogP contribution in [0.4, 0.5) is 4.79 Å². The molecule has 0 spiro atoms. The van der Waals surface area contributed by atoms with Crippen molar-refractivity contribution in [3.63, 3.8) is 0 Å². The first-order valence-electron chi connectivity index (χ1n) is 9.33. The molecule has 144 valence electrons. The van der Waals surface area contributed by atoms with Gasteiger partial charge in [-0.15, -0.1) is 0 Å². The van der Waals surface area contributed by atoms with E-state index in [0.717, 1.165) is 22.5 Å². The molecule has 1 fully saturated rings. The second-order valence-electron chi connectivity index (χ2n) is 8.13. The Hall–Kier alpha value is -2.47. The lowest BCUT2D eigenvalue weighted by Crippen LogP contribution is -2.64. The highest BCUT2D eigenvalue weighted by molar-refractivity contribution is 5.67. The topological polar surface area (TPSA) is 92.3 Å². The molecule has 0 aromatic carbocycles. The molecule has 3 rings (SSSR count). The Bertz CT molecular complexity index is 787. The third kappa shape index (κ3) is 4.11. The molecule has 0 saturated carbocycles. The predicted octanol–water partition coefficient (Wildman–Crippen LogP) is 3.11. The summed E-state index contributed by atoms with van der Waals surface area (Å²) in [5, 5.41) is 9.98. The summed E-state index contributed by atoms with van der Waals surface area (Å²) in [7, 11) is 0. The SMILES string of the molecule is Cc1cccnc1CC1(Cc2ncccc2C)CC(C)(N)CCN1C(=O)O. The average molecular weight is 368 g/mol. The van der Waals surface area contributed by atoms with E-state index in [4.69, 9.17) is 5.73 Å². The van der Waals surface area contributed by atoms with E-state index in [1.807, 2.05) is 45.0 Å². The number of carboxylic acid groups (broad SMARTS) is 1.